The minimum absolute atomic E-state index is 0.0945. The van der Waals surface area contributed by atoms with E-state index in [2.05, 4.69) is 9.80 Å². The van der Waals surface area contributed by atoms with Crippen molar-refractivity contribution < 1.29 is 9.34 Å². The van der Waals surface area contributed by atoms with Crippen molar-refractivity contribution in [1.82, 2.24) is 4.90 Å². The molecule has 156 valence electrons. The number of piperazine rings is 1. The number of non-ortho nitro benzene ring substituents is 1. The Morgan fingerprint density at radius 3 is 2.40 bits per heavy atom. The van der Waals surface area contributed by atoms with Crippen LogP contribution in [-0.2, 0) is 13.0 Å². The van der Waals surface area contributed by atoms with Crippen molar-refractivity contribution in [3.05, 3.63) is 79.1 Å². The topological polar surface area (TPSA) is 79.8 Å². The molecule has 1 saturated heterocycles. The smallest absolute Gasteiger partial charge is 0.336 e. The van der Waals surface area contributed by atoms with E-state index in [9.17, 15) is 14.9 Å². The van der Waals surface area contributed by atoms with E-state index in [4.69, 9.17) is 16.0 Å². The van der Waals surface area contributed by atoms with Gasteiger partial charge in [-0.1, -0.05) is 18.5 Å². The third-order valence-corrected chi connectivity index (χ3v) is 5.92. The number of halogens is 1. The third kappa shape index (κ3) is 4.17. The van der Waals surface area contributed by atoms with Crippen LogP contribution in [0.3, 0.4) is 0 Å². The molecule has 0 spiro atoms. The molecule has 0 N–H and O–H groups in total. The van der Waals surface area contributed by atoms with Crippen molar-refractivity contribution in [2.45, 2.75) is 19.9 Å². The van der Waals surface area contributed by atoms with E-state index in [1.165, 1.54) is 12.1 Å². The Morgan fingerprint density at radius 2 is 1.77 bits per heavy atom. The van der Waals surface area contributed by atoms with Gasteiger partial charge in [-0.15, -0.1) is 0 Å². The number of rotatable bonds is 5. The lowest BCUT2D eigenvalue weighted by atomic mass is 10.1. The average molecular weight is 428 g/mol. The Bertz CT molecular complexity index is 1140. The molecule has 1 aromatic heterocycles. The standard InChI is InChI=1S/C22H22ClN3O4/c1-2-15-11-21-19(13-20(15)23)16(12-22(27)30-21)14-24-7-9-25(10-8-24)17-3-5-18(6-4-17)26(28)29/h3-6,11-13H,2,7-10,14H2,1H3. The first-order chi connectivity index (χ1) is 14.4. The highest BCUT2D eigenvalue weighted by Crippen LogP contribution is 2.27. The summed E-state index contributed by atoms with van der Waals surface area (Å²) in [7, 11) is 0. The summed E-state index contributed by atoms with van der Waals surface area (Å²) in [6.45, 7) is 5.90. The van der Waals surface area contributed by atoms with Crippen LogP contribution < -0.4 is 10.5 Å². The molecule has 0 unspecified atom stereocenters. The Hall–Kier alpha value is -2.90. The van der Waals surface area contributed by atoms with Gasteiger partial charge in [0.05, 0.1) is 4.92 Å². The van der Waals surface area contributed by atoms with Crippen LogP contribution in [-0.4, -0.2) is 36.0 Å². The molecular weight excluding hydrogens is 406 g/mol. The highest BCUT2D eigenvalue weighted by atomic mass is 35.5. The van der Waals surface area contributed by atoms with E-state index >= 15 is 0 Å². The molecule has 3 aromatic rings. The van der Waals surface area contributed by atoms with Crippen molar-refractivity contribution in [3.8, 4) is 0 Å². The van der Waals surface area contributed by atoms with Gasteiger partial charge in [-0.3, -0.25) is 15.0 Å². The van der Waals surface area contributed by atoms with E-state index in [1.807, 2.05) is 19.1 Å². The van der Waals surface area contributed by atoms with Crippen LogP contribution in [0.1, 0.15) is 18.1 Å². The largest absolute Gasteiger partial charge is 0.423 e. The van der Waals surface area contributed by atoms with Gasteiger partial charge < -0.3 is 9.32 Å². The van der Waals surface area contributed by atoms with Gasteiger partial charge in [-0.05, 0) is 41.8 Å². The Balaban J connectivity index is 1.48. The van der Waals surface area contributed by atoms with Crippen molar-refractivity contribution >= 4 is 33.9 Å². The fraction of sp³-hybridized carbons (Fsp3) is 0.318. The van der Waals surface area contributed by atoms with Crippen molar-refractivity contribution in [3.63, 3.8) is 0 Å². The van der Waals surface area contributed by atoms with Crippen LogP contribution in [0, 0.1) is 10.1 Å². The van der Waals surface area contributed by atoms with Crippen LogP contribution >= 0.6 is 11.6 Å². The van der Waals surface area contributed by atoms with Crippen LogP contribution in [0.5, 0.6) is 0 Å². The van der Waals surface area contributed by atoms with Crippen molar-refractivity contribution in [2.24, 2.45) is 0 Å². The number of hydrogen-bond acceptors (Lipinski definition) is 6. The average Bonchev–Trinajstić information content (AvgIpc) is 2.74. The molecule has 2 aromatic carbocycles. The summed E-state index contributed by atoms with van der Waals surface area (Å²) in [5, 5.41) is 12.4. The summed E-state index contributed by atoms with van der Waals surface area (Å²) in [6, 6.07) is 11.9. The maximum Gasteiger partial charge on any atom is 0.336 e. The molecule has 0 amide bonds. The number of aryl methyl sites for hydroxylation is 1. The Morgan fingerprint density at radius 1 is 1.07 bits per heavy atom. The van der Waals surface area contributed by atoms with E-state index in [1.54, 1.807) is 18.2 Å². The number of nitro groups is 1. The zero-order valence-corrected chi connectivity index (χ0v) is 17.4. The maximum absolute atomic E-state index is 12.1. The first-order valence-electron chi connectivity index (χ1n) is 9.91. The third-order valence-electron chi connectivity index (χ3n) is 5.57. The van der Waals surface area contributed by atoms with Gasteiger partial charge in [0.2, 0.25) is 0 Å². The zero-order chi connectivity index (χ0) is 21.3. The van der Waals surface area contributed by atoms with Gasteiger partial charge in [0.1, 0.15) is 5.58 Å². The lowest BCUT2D eigenvalue weighted by molar-refractivity contribution is -0.384. The van der Waals surface area contributed by atoms with Crippen LogP contribution in [0.25, 0.3) is 11.0 Å². The number of nitrogens with zero attached hydrogens (tertiary/aromatic N) is 3. The molecule has 0 atom stereocenters. The van der Waals surface area contributed by atoms with E-state index in [0.717, 1.165) is 54.8 Å². The Kier molecular flexibility index (Phi) is 5.74. The molecule has 4 rings (SSSR count). The molecule has 0 bridgehead atoms. The van der Waals surface area contributed by atoms with Crippen LogP contribution in [0.15, 0.2) is 51.7 Å². The monoisotopic (exact) mass is 427 g/mol. The summed E-state index contributed by atoms with van der Waals surface area (Å²) in [4.78, 5) is 27.0. The number of benzene rings is 2. The highest BCUT2D eigenvalue weighted by molar-refractivity contribution is 6.32. The minimum atomic E-state index is -0.391. The SMILES string of the molecule is CCc1cc2oc(=O)cc(CN3CCN(c4ccc([N+](=O)[O-])cc4)CC3)c2cc1Cl. The molecular formula is C22H22ClN3O4. The lowest BCUT2D eigenvalue weighted by Crippen LogP contribution is -2.46. The van der Waals surface area contributed by atoms with E-state index < -0.39 is 4.92 Å². The molecule has 1 fully saturated rings. The molecule has 0 aliphatic carbocycles. The summed E-state index contributed by atoms with van der Waals surface area (Å²) in [5.74, 6) is 0. The van der Waals surface area contributed by atoms with Gasteiger partial charge in [-0.2, -0.15) is 0 Å². The molecule has 8 heteroatoms. The predicted octanol–water partition coefficient (Wildman–Crippen LogP) is 4.24. The first kappa shape index (κ1) is 20.4. The summed E-state index contributed by atoms with van der Waals surface area (Å²) in [6.07, 6.45) is 0.771. The van der Waals surface area contributed by atoms with Crippen molar-refractivity contribution in [2.75, 3.05) is 31.1 Å². The van der Waals surface area contributed by atoms with E-state index in [0.29, 0.717) is 17.2 Å². The number of anilines is 1. The highest BCUT2D eigenvalue weighted by Gasteiger charge is 2.20. The van der Waals surface area contributed by atoms with Crippen LogP contribution in [0.4, 0.5) is 11.4 Å². The molecule has 2 heterocycles. The van der Waals surface area contributed by atoms with E-state index in [-0.39, 0.29) is 11.3 Å². The van der Waals surface area contributed by atoms with Gasteiger partial charge in [0, 0.05) is 67.0 Å². The molecule has 30 heavy (non-hydrogen) atoms. The fourth-order valence-electron chi connectivity index (χ4n) is 3.88. The predicted molar refractivity (Wildman–Crippen MR) is 117 cm³/mol. The number of hydrogen-bond donors (Lipinski definition) is 0. The molecule has 0 radical (unpaired) electrons. The minimum Gasteiger partial charge on any atom is -0.423 e. The van der Waals surface area contributed by atoms with Crippen molar-refractivity contribution in [1.29, 1.82) is 0 Å². The number of nitro benzene ring substituents is 1. The molecule has 0 saturated carbocycles. The van der Waals surface area contributed by atoms with Gasteiger partial charge in [0.15, 0.2) is 0 Å². The second kappa shape index (κ2) is 8.45. The second-order valence-corrected chi connectivity index (χ2v) is 7.83. The summed E-state index contributed by atoms with van der Waals surface area (Å²) >= 11 is 6.39. The zero-order valence-electron chi connectivity index (χ0n) is 16.6. The summed E-state index contributed by atoms with van der Waals surface area (Å²) < 4.78 is 5.40. The first-order valence-corrected chi connectivity index (χ1v) is 10.3. The van der Waals surface area contributed by atoms with Gasteiger partial charge in [0.25, 0.3) is 5.69 Å². The summed E-state index contributed by atoms with van der Waals surface area (Å²) in [5.41, 5.74) is 3.16. The maximum atomic E-state index is 12.1. The van der Waals surface area contributed by atoms with Crippen LogP contribution in [0.2, 0.25) is 5.02 Å². The molecule has 7 nitrogen and oxygen atoms in total. The Labute approximate surface area is 178 Å². The normalized spacial score (nSPS) is 14.9. The lowest BCUT2D eigenvalue weighted by Gasteiger charge is -2.36. The van der Waals surface area contributed by atoms with Gasteiger partial charge >= 0.3 is 5.63 Å². The second-order valence-electron chi connectivity index (χ2n) is 7.42. The number of fused-ring (bicyclic) bond motifs is 1. The molecule has 1 aliphatic heterocycles. The quantitative estimate of drug-likeness (QED) is 0.344. The van der Waals surface area contributed by atoms with Gasteiger partial charge in [-0.25, -0.2) is 4.79 Å². The molecule has 1 aliphatic rings. The fourth-order valence-corrected chi connectivity index (χ4v) is 4.18.